The van der Waals surface area contributed by atoms with Crippen molar-refractivity contribution in [1.82, 2.24) is 9.97 Å². The summed E-state index contributed by atoms with van der Waals surface area (Å²) in [5, 5.41) is 11.5. The molecule has 0 spiro atoms. The number of para-hydroxylation sites is 1. The van der Waals surface area contributed by atoms with Crippen LogP contribution in [0.25, 0.3) is 22.3 Å². The third-order valence-corrected chi connectivity index (χ3v) is 3.26. The molecule has 1 aromatic heterocycles. The number of methoxy groups -OCH3 is 1. The first-order chi connectivity index (χ1) is 10.6. The number of nitro groups is 1. The van der Waals surface area contributed by atoms with Crippen molar-refractivity contribution < 1.29 is 9.66 Å². The van der Waals surface area contributed by atoms with Gasteiger partial charge in [0.1, 0.15) is 5.82 Å². The second-order valence-corrected chi connectivity index (χ2v) is 4.58. The Labute approximate surface area is 124 Å². The van der Waals surface area contributed by atoms with Gasteiger partial charge < -0.3 is 9.72 Å². The SMILES string of the molecule is COc1ccc(-c2nc3ccccc3c(=O)[nH]2)cc1[N+](=O)[O-]. The highest BCUT2D eigenvalue weighted by Crippen LogP contribution is 2.30. The first-order valence-electron chi connectivity index (χ1n) is 6.42. The molecule has 0 aliphatic heterocycles. The molecule has 3 aromatic rings. The van der Waals surface area contributed by atoms with Crippen LogP contribution in [0.15, 0.2) is 47.3 Å². The smallest absolute Gasteiger partial charge is 0.311 e. The summed E-state index contributed by atoms with van der Waals surface area (Å²) in [7, 11) is 1.36. The molecule has 0 aliphatic carbocycles. The summed E-state index contributed by atoms with van der Waals surface area (Å²) in [6.07, 6.45) is 0. The Kier molecular flexibility index (Phi) is 3.30. The number of fused-ring (bicyclic) bond motifs is 1. The predicted octanol–water partition coefficient (Wildman–Crippen LogP) is 2.51. The molecule has 0 saturated heterocycles. The number of hydrogen-bond donors (Lipinski definition) is 1. The van der Waals surface area contributed by atoms with Gasteiger partial charge in [-0.3, -0.25) is 14.9 Å². The lowest BCUT2D eigenvalue weighted by molar-refractivity contribution is -0.385. The van der Waals surface area contributed by atoms with Crippen molar-refractivity contribution >= 4 is 16.6 Å². The zero-order valence-electron chi connectivity index (χ0n) is 11.6. The predicted molar refractivity (Wildman–Crippen MR) is 81.0 cm³/mol. The van der Waals surface area contributed by atoms with Crippen molar-refractivity contribution in [1.29, 1.82) is 0 Å². The van der Waals surface area contributed by atoms with E-state index >= 15 is 0 Å². The second-order valence-electron chi connectivity index (χ2n) is 4.58. The molecule has 0 bridgehead atoms. The minimum Gasteiger partial charge on any atom is -0.490 e. The summed E-state index contributed by atoms with van der Waals surface area (Å²) in [5.74, 6) is 0.423. The minimum atomic E-state index is -0.540. The molecular formula is C15H11N3O4. The maximum atomic E-state index is 12.1. The fourth-order valence-electron chi connectivity index (χ4n) is 2.20. The number of aromatic nitrogens is 2. The monoisotopic (exact) mass is 297 g/mol. The lowest BCUT2D eigenvalue weighted by Crippen LogP contribution is -2.09. The molecule has 22 heavy (non-hydrogen) atoms. The van der Waals surface area contributed by atoms with Gasteiger partial charge in [0.2, 0.25) is 0 Å². The van der Waals surface area contributed by atoms with Crippen LogP contribution in [0.5, 0.6) is 5.75 Å². The molecule has 0 atom stereocenters. The van der Waals surface area contributed by atoms with Crippen LogP contribution in [-0.4, -0.2) is 22.0 Å². The van der Waals surface area contributed by atoms with Crippen LogP contribution in [0.2, 0.25) is 0 Å². The van der Waals surface area contributed by atoms with E-state index in [0.29, 0.717) is 16.5 Å². The van der Waals surface area contributed by atoms with Crippen LogP contribution in [0.4, 0.5) is 5.69 Å². The van der Waals surface area contributed by atoms with E-state index in [-0.39, 0.29) is 22.8 Å². The zero-order valence-corrected chi connectivity index (χ0v) is 11.6. The van der Waals surface area contributed by atoms with Gasteiger partial charge in [-0.25, -0.2) is 4.98 Å². The lowest BCUT2D eigenvalue weighted by atomic mass is 10.1. The number of nitrogens with one attached hydrogen (secondary N) is 1. The summed E-state index contributed by atoms with van der Waals surface area (Å²) in [6, 6.07) is 11.3. The first kappa shape index (κ1) is 13.7. The van der Waals surface area contributed by atoms with Gasteiger partial charge >= 0.3 is 5.69 Å². The molecule has 7 heteroatoms. The van der Waals surface area contributed by atoms with Gasteiger partial charge in [0.15, 0.2) is 5.75 Å². The van der Waals surface area contributed by atoms with E-state index in [1.165, 1.54) is 19.2 Å². The van der Waals surface area contributed by atoms with Gasteiger partial charge in [-0.15, -0.1) is 0 Å². The highest BCUT2D eigenvalue weighted by Gasteiger charge is 2.17. The first-order valence-corrected chi connectivity index (χ1v) is 6.42. The second kappa shape index (κ2) is 5.28. The average Bonchev–Trinajstić information content (AvgIpc) is 2.54. The van der Waals surface area contributed by atoms with Gasteiger partial charge in [-0.1, -0.05) is 12.1 Å². The Morgan fingerprint density at radius 1 is 1.23 bits per heavy atom. The molecule has 1 heterocycles. The third-order valence-electron chi connectivity index (χ3n) is 3.26. The quantitative estimate of drug-likeness (QED) is 0.591. The molecule has 7 nitrogen and oxygen atoms in total. The molecule has 2 aromatic carbocycles. The minimum absolute atomic E-state index is 0.150. The van der Waals surface area contributed by atoms with E-state index in [0.717, 1.165) is 0 Å². The number of nitro benzene ring substituents is 1. The van der Waals surface area contributed by atoms with E-state index in [4.69, 9.17) is 4.74 Å². The number of nitrogens with zero attached hydrogens (tertiary/aromatic N) is 2. The molecule has 0 saturated carbocycles. The molecular weight excluding hydrogens is 286 g/mol. The van der Waals surface area contributed by atoms with Gasteiger partial charge in [0.25, 0.3) is 5.56 Å². The van der Waals surface area contributed by atoms with Crippen LogP contribution in [0.1, 0.15) is 0 Å². The van der Waals surface area contributed by atoms with Gasteiger partial charge in [-0.2, -0.15) is 0 Å². The molecule has 0 radical (unpaired) electrons. The van der Waals surface area contributed by atoms with Crippen LogP contribution < -0.4 is 10.3 Å². The van der Waals surface area contributed by atoms with Crippen molar-refractivity contribution in [3.63, 3.8) is 0 Å². The Balaban J connectivity index is 2.21. The van der Waals surface area contributed by atoms with Crippen LogP contribution >= 0.6 is 0 Å². The van der Waals surface area contributed by atoms with E-state index in [1.807, 2.05) is 0 Å². The van der Waals surface area contributed by atoms with E-state index in [9.17, 15) is 14.9 Å². The molecule has 3 rings (SSSR count). The van der Waals surface area contributed by atoms with Crippen LogP contribution in [0, 0.1) is 10.1 Å². The summed E-state index contributed by atoms with van der Waals surface area (Å²) >= 11 is 0. The van der Waals surface area contributed by atoms with Crippen molar-refractivity contribution in [3.8, 4) is 17.1 Å². The number of ether oxygens (including phenoxy) is 1. The van der Waals surface area contributed by atoms with Crippen LogP contribution in [0.3, 0.4) is 0 Å². The highest BCUT2D eigenvalue weighted by molar-refractivity contribution is 5.79. The molecule has 0 amide bonds. The van der Waals surface area contributed by atoms with Crippen molar-refractivity contribution in [2.75, 3.05) is 7.11 Å². The summed E-state index contributed by atoms with van der Waals surface area (Å²) < 4.78 is 4.96. The standard InChI is InChI=1S/C15H11N3O4/c1-22-13-7-6-9(8-12(13)18(20)21)14-16-11-5-3-2-4-10(11)15(19)17-14/h2-8H,1H3,(H,16,17,19). The average molecular weight is 297 g/mol. The van der Waals surface area contributed by atoms with Crippen molar-refractivity contribution in [2.24, 2.45) is 0 Å². The third kappa shape index (κ3) is 2.28. The summed E-state index contributed by atoms with van der Waals surface area (Å²) in [6.45, 7) is 0. The molecule has 0 unspecified atom stereocenters. The normalized spacial score (nSPS) is 10.6. The maximum absolute atomic E-state index is 12.1. The largest absolute Gasteiger partial charge is 0.490 e. The zero-order chi connectivity index (χ0) is 15.7. The molecule has 0 aliphatic rings. The van der Waals surface area contributed by atoms with Crippen molar-refractivity contribution in [2.45, 2.75) is 0 Å². The van der Waals surface area contributed by atoms with E-state index in [2.05, 4.69) is 9.97 Å². The number of H-pyrrole nitrogens is 1. The van der Waals surface area contributed by atoms with Crippen molar-refractivity contribution in [3.05, 3.63) is 62.9 Å². The Morgan fingerprint density at radius 2 is 2.00 bits per heavy atom. The maximum Gasteiger partial charge on any atom is 0.311 e. The molecule has 0 fully saturated rings. The fraction of sp³-hybridized carbons (Fsp3) is 0.0667. The molecule has 110 valence electrons. The summed E-state index contributed by atoms with van der Waals surface area (Å²) in [4.78, 5) is 29.6. The van der Waals surface area contributed by atoms with Crippen LogP contribution in [-0.2, 0) is 0 Å². The fourth-order valence-corrected chi connectivity index (χ4v) is 2.20. The topological polar surface area (TPSA) is 98.1 Å². The number of hydrogen-bond acceptors (Lipinski definition) is 5. The van der Waals surface area contributed by atoms with Gasteiger partial charge in [-0.05, 0) is 24.3 Å². The van der Waals surface area contributed by atoms with Gasteiger partial charge in [0, 0.05) is 11.6 Å². The van der Waals surface area contributed by atoms with E-state index < -0.39 is 4.92 Å². The van der Waals surface area contributed by atoms with Gasteiger partial charge in [0.05, 0.1) is 22.9 Å². The lowest BCUT2D eigenvalue weighted by Gasteiger charge is -2.05. The Bertz CT molecular complexity index is 933. The number of aromatic amines is 1. The Morgan fingerprint density at radius 3 is 2.73 bits per heavy atom. The number of benzene rings is 2. The highest BCUT2D eigenvalue weighted by atomic mass is 16.6. The Hall–Kier alpha value is -3.22. The molecule has 1 N–H and O–H groups in total. The summed E-state index contributed by atoms with van der Waals surface area (Å²) in [5.41, 5.74) is 0.491. The van der Waals surface area contributed by atoms with E-state index in [1.54, 1.807) is 30.3 Å². The number of rotatable bonds is 3.